The summed E-state index contributed by atoms with van der Waals surface area (Å²) < 4.78 is 0. The van der Waals surface area contributed by atoms with Gasteiger partial charge in [0.1, 0.15) is 0 Å². The highest BCUT2D eigenvalue weighted by Crippen LogP contribution is 2.44. The van der Waals surface area contributed by atoms with Gasteiger partial charge in [0.05, 0.1) is 5.69 Å². The average molecular weight is 650 g/mol. The van der Waals surface area contributed by atoms with E-state index in [0.717, 1.165) is 17.1 Å². The molecule has 0 atom stereocenters. The zero-order valence-electron chi connectivity index (χ0n) is 28.2. The molecule has 1 heteroatoms. The summed E-state index contributed by atoms with van der Waals surface area (Å²) in [7, 11) is 0. The van der Waals surface area contributed by atoms with Crippen molar-refractivity contribution >= 4 is 38.6 Å². The summed E-state index contributed by atoms with van der Waals surface area (Å²) in [5, 5.41) is 4.95. The van der Waals surface area contributed by atoms with Gasteiger partial charge in [-0.2, -0.15) is 0 Å². The van der Waals surface area contributed by atoms with Crippen molar-refractivity contribution in [1.82, 2.24) is 0 Å². The molecule has 0 saturated carbocycles. The Kier molecular flexibility index (Phi) is 7.92. The lowest BCUT2D eigenvalue weighted by molar-refractivity contribution is 1.30. The van der Waals surface area contributed by atoms with E-state index in [1.807, 2.05) is 0 Å². The summed E-state index contributed by atoms with van der Waals surface area (Å²) in [4.78, 5) is 2.41. The first-order valence-corrected chi connectivity index (χ1v) is 17.5. The monoisotopic (exact) mass is 649 g/mol. The van der Waals surface area contributed by atoms with Gasteiger partial charge < -0.3 is 4.90 Å². The Morgan fingerprint density at radius 3 is 1.24 bits per heavy atom. The normalized spacial score (nSPS) is 11.1. The third-order valence-corrected chi connectivity index (χ3v) is 9.89. The molecule has 240 valence electrons. The van der Waals surface area contributed by atoms with Crippen molar-refractivity contribution in [3.8, 4) is 44.5 Å². The van der Waals surface area contributed by atoms with E-state index < -0.39 is 0 Å². The highest BCUT2D eigenvalue weighted by molar-refractivity contribution is 6.14. The summed E-state index contributed by atoms with van der Waals surface area (Å²) in [5.41, 5.74) is 13.1. The van der Waals surface area contributed by atoms with E-state index in [-0.39, 0.29) is 0 Å². The number of nitrogens with zero attached hydrogens (tertiary/aromatic N) is 1. The molecule has 0 amide bonds. The van der Waals surface area contributed by atoms with E-state index in [1.54, 1.807) is 0 Å². The van der Waals surface area contributed by atoms with Crippen LogP contribution in [0, 0.1) is 0 Å². The average Bonchev–Trinajstić information content (AvgIpc) is 3.22. The van der Waals surface area contributed by atoms with Crippen LogP contribution in [0.3, 0.4) is 0 Å². The Balaban J connectivity index is 1.18. The topological polar surface area (TPSA) is 3.24 Å². The third-order valence-electron chi connectivity index (χ3n) is 9.89. The molecule has 0 saturated heterocycles. The molecule has 0 aliphatic heterocycles. The fourth-order valence-electron chi connectivity index (χ4n) is 7.43. The summed E-state index contributed by atoms with van der Waals surface area (Å²) in [5.74, 6) is 0. The van der Waals surface area contributed by atoms with Gasteiger partial charge in [-0.3, -0.25) is 0 Å². The van der Waals surface area contributed by atoms with Crippen LogP contribution in [0.15, 0.2) is 212 Å². The Labute approximate surface area is 299 Å². The lowest BCUT2D eigenvalue weighted by Crippen LogP contribution is -2.10. The molecule has 0 unspecified atom stereocenters. The van der Waals surface area contributed by atoms with Crippen LogP contribution in [-0.4, -0.2) is 0 Å². The first kappa shape index (κ1) is 30.4. The molecule has 0 N–H and O–H groups in total. The lowest BCUT2D eigenvalue weighted by Gasteiger charge is -2.28. The number of hydrogen-bond acceptors (Lipinski definition) is 1. The van der Waals surface area contributed by atoms with Crippen molar-refractivity contribution < 1.29 is 0 Å². The number of fused-ring (bicyclic) bond motifs is 3. The van der Waals surface area contributed by atoms with Gasteiger partial charge in [-0.25, -0.2) is 0 Å². The Hall–Kier alpha value is -6.70. The molecule has 0 aliphatic carbocycles. The maximum atomic E-state index is 2.41. The molecule has 0 fully saturated rings. The van der Waals surface area contributed by atoms with Crippen molar-refractivity contribution in [1.29, 1.82) is 0 Å². The molecule has 9 rings (SSSR count). The second-order valence-electron chi connectivity index (χ2n) is 12.9. The molecule has 0 aliphatic rings. The van der Waals surface area contributed by atoms with Crippen LogP contribution < -0.4 is 4.90 Å². The van der Waals surface area contributed by atoms with Gasteiger partial charge in [0, 0.05) is 16.8 Å². The Morgan fingerprint density at radius 2 is 0.647 bits per heavy atom. The Bertz CT molecular complexity index is 2600. The van der Waals surface area contributed by atoms with Crippen LogP contribution in [0.4, 0.5) is 17.1 Å². The van der Waals surface area contributed by atoms with Gasteiger partial charge >= 0.3 is 0 Å². The highest BCUT2D eigenvalue weighted by atomic mass is 15.1. The molecule has 0 aromatic heterocycles. The first-order chi connectivity index (χ1) is 25.3. The maximum Gasteiger partial charge on any atom is 0.0546 e. The quantitative estimate of drug-likeness (QED) is 0.155. The SMILES string of the molecule is c1ccc(-c2ccc(N(c3ccc(-c4ccccc4-c4ccccc4-c4ccccc4)cc3)c3cc4ccccc4c4ccccc34)cc2)cc1. The summed E-state index contributed by atoms with van der Waals surface area (Å²) in [6.07, 6.45) is 0. The predicted molar refractivity (Wildman–Crippen MR) is 218 cm³/mol. The minimum atomic E-state index is 1.11. The maximum absolute atomic E-state index is 2.41. The first-order valence-electron chi connectivity index (χ1n) is 17.5. The van der Waals surface area contributed by atoms with Gasteiger partial charge in [-0.1, -0.05) is 182 Å². The van der Waals surface area contributed by atoms with Gasteiger partial charge in [-0.05, 0) is 91.0 Å². The van der Waals surface area contributed by atoms with Gasteiger partial charge in [-0.15, -0.1) is 0 Å². The number of anilines is 3. The molecule has 0 heterocycles. The summed E-state index contributed by atoms with van der Waals surface area (Å²) in [6, 6.07) is 76.6. The van der Waals surface area contributed by atoms with Gasteiger partial charge in [0.25, 0.3) is 0 Å². The molecule has 51 heavy (non-hydrogen) atoms. The van der Waals surface area contributed by atoms with Crippen molar-refractivity contribution in [2.24, 2.45) is 0 Å². The minimum Gasteiger partial charge on any atom is -0.310 e. The van der Waals surface area contributed by atoms with E-state index in [4.69, 9.17) is 0 Å². The summed E-state index contributed by atoms with van der Waals surface area (Å²) >= 11 is 0. The number of benzene rings is 9. The van der Waals surface area contributed by atoms with Gasteiger partial charge in [0.15, 0.2) is 0 Å². The third kappa shape index (κ3) is 5.75. The zero-order chi connectivity index (χ0) is 34.0. The van der Waals surface area contributed by atoms with Crippen molar-refractivity contribution in [2.75, 3.05) is 4.90 Å². The molecular formula is C50H35N. The fourth-order valence-corrected chi connectivity index (χ4v) is 7.43. The van der Waals surface area contributed by atoms with Crippen LogP contribution in [0.1, 0.15) is 0 Å². The molecule has 9 aromatic carbocycles. The largest absolute Gasteiger partial charge is 0.310 e. The van der Waals surface area contributed by atoms with Crippen LogP contribution in [0.2, 0.25) is 0 Å². The molecule has 0 radical (unpaired) electrons. The number of rotatable bonds is 7. The standard InChI is InChI=1S/C50H35N/c1-3-15-36(16-4-1)37-27-31-41(32-28-37)51(50-35-40-19-7-8-22-45(40)48-25-13-14-26-49(48)50)42-33-29-39(30-34-42)44-21-10-12-24-47(44)46-23-11-9-20-43(46)38-17-5-2-6-18-38/h1-35H. The Morgan fingerprint density at radius 1 is 0.255 bits per heavy atom. The van der Waals surface area contributed by atoms with Crippen molar-refractivity contribution in [3.63, 3.8) is 0 Å². The van der Waals surface area contributed by atoms with E-state index in [2.05, 4.69) is 217 Å². The lowest BCUT2D eigenvalue weighted by atomic mass is 9.89. The van der Waals surface area contributed by atoms with Crippen LogP contribution >= 0.6 is 0 Å². The van der Waals surface area contributed by atoms with Crippen LogP contribution in [-0.2, 0) is 0 Å². The molecule has 1 nitrogen and oxygen atoms in total. The second-order valence-corrected chi connectivity index (χ2v) is 12.9. The van der Waals surface area contributed by atoms with Gasteiger partial charge in [0.2, 0.25) is 0 Å². The predicted octanol–water partition coefficient (Wildman–Crippen LogP) is 14.1. The minimum absolute atomic E-state index is 1.11. The molecule has 9 aromatic rings. The van der Waals surface area contributed by atoms with Crippen LogP contribution in [0.25, 0.3) is 66.1 Å². The van der Waals surface area contributed by atoms with E-state index >= 15 is 0 Å². The molecule has 0 bridgehead atoms. The fraction of sp³-hybridized carbons (Fsp3) is 0. The second kappa shape index (κ2) is 13.3. The van der Waals surface area contributed by atoms with Crippen LogP contribution in [0.5, 0.6) is 0 Å². The zero-order valence-corrected chi connectivity index (χ0v) is 28.2. The molecule has 0 spiro atoms. The van der Waals surface area contributed by atoms with Crippen molar-refractivity contribution in [2.45, 2.75) is 0 Å². The van der Waals surface area contributed by atoms with E-state index in [0.29, 0.717) is 0 Å². The van der Waals surface area contributed by atoms with Crippen molar-refractivity contribution in [3.05, 3.63) is 212 Å². The number of hydrogen-bond donors (Lipinski definition) is 0. The van der Waals surface area contributed by atoms with E-state index in [9.17, 15) is 0 Å². The molecular weight excluding hydrogens is 615 g/mol. The smallest absolute Gasteiger partial charge is 0.0546 e. The highest BCUT2D eigenvalue weighted by Gasteiger charge is 2.18. The summed E-state index contributed by atoms with van der Waals surface area (Å²) in [6.45, 7) is 0. The van der Waals surface area contributed by atoms with E-state index in [1.165, 1.54) is 66.1 Å².